The van der Waals surface area contributed by atoms with E-state index in [-0.39, 0.29) is 11.7 Å². The van der Waals surface area contributed by atoms with Gasteiger partial charge in [-0.15, -0.1) is 0 Å². The van der Waals surface area contributed by atoms with E-state index in [0.717, 1.165) is 32.7 Å². The number of rotatable bonds is 4. The molecule has 4 nitrogen and oxygen atoms in total. The van der Waals surface area contributed by atoms with Crippen LogP contribution in [0.25, 0.3) is 43.7 Å². The zero-order valence-corrected chi connectivity index (χ0v) is 19.2. The third kappa shape index (κ3) is 3.97. The molecule has 5 heteroatoms. The summed E-state index contributed by atoms with van der Waals surface area (Å²) in [6.07, 6.45) is 1.70. The van der Waals surface area contributed by atoms with Crippen molar-refractivity contribution in [1.29, 1.82) is 0 Å². The quantitative estimate of drug-likeness (QED) is 0.170. The fraction of sp³-hybridized carbons (Fsp3) is 0. The van der Waals surface area contributed by atoms with Gasteiger partial charge in [-0.05, 0) is 64.0 Å². The zero-order valence-electron chi connectivity index (χ0n) is 19.2. The van der Waals surface area contributed by atoms with E-state index in [1.165, 1.54) is 12.1 Å². The van der Waals surface area contributed by atoms with Gasteiger partial charge in [-0.2, -0.15) is 5.10 Å². The van der Waals surface area contributed by atoms with Crippen molar-refractivity contribution in [3.63, 3.8) is 0 Å². The van der Waals surface area contributed by atoms with E-state index in [9.17, 15) is 9.18 Å². The normalized spacial score (nSPS) is 11.5. The summed E-state index contributed by atoms with van der Waals surface area (Å²) in [7, 11) is 0. The van der Waals surface area contributed by atoms with Crippen LogP contribution in [0.15, 0.2) is 114 Å². The maximum Gasteiger partial charge on any atom is 0.272 e. The van der Waals surface area contributed by atoms with Gasteiger partial charge in [0.15, 0.2) is 0 Å². The lowest BCUT2D eigenvalue weighted by Gasteiger charge is -2.10. The van der Waals surface area contributed by atoms with Gasteiger partial charge >= 0.3 is 0 Å². The Bertz CT molecular complexity index is 1740. The van der Waals surface area contributed by atoms with Crippen LogP contribution in [0, 0.1) is 5.82 Å². The highest BCUT2D eigenvalue weighted by Gasteiger charge is 2.14. The first-order valence-electron chi connectivity index (χ1n) is 11.6. The van der Waals surface area contributed by atoms with Crippen LogP contribution in [0.3, 0.4) is 0 Å². The molecule has 0 unspecified atom stereocenters. The second-order valence-electron chi connectivity index (χ2n) is 8.51. The molecule has 1 N–H and O–H groups in total. The number of halogens is 1. The maximum atomic E-state index is 13.4. The molecule has 6 rings (SSSR count). The highest BCUT2D eigenvalue weighted by atomic mass is 19.1. The lowest BCUT2D eigenvalue weighted by molar-refractivity contribution is 0.0956. The van der Waals surface area contributed by atoms with Crippen LogP contribution in [-0.2, 0) is 0 Å². The molecule has 0 radical (unpaired) electrons. The van der Waals surface area contributed by atoms with Crippen molar-refractivity contribution in [1.82, 2.24) is 10.4 Å². The summed E-state index contributed by atoms with van der Waals surface area (Å²) >= 11 is 0. The number of pyridine rings is 1. The van der Waals surface area contributed by atoms with Crippen molar-refractivity contribution < 1.29 is 9.18 Å². The highest BCUT2D eigenvalue weighted by Crippen LogP contribution is 2.28. The molecule has 0 aliphatic heterocycles. The lowest BCUT2D eigenvalue weighted by atomic mass is 9.97. The fourth-order valence-corrected chi connectivity index (χ4v) is 4.54. The Labute approximate surface area is 206 Å². The topological polar surface area (TPSA) is 54.4 Å². The molecule has 1 amide bonds. The van der Waals surface area contributed by atoms with E-state index in [2.05, 4.69) is 45.8 Å². The molecule has 5 aromatic carbocycles. The predicted octanol–water partition coefficient (Wildman–Crippen LogP) is 7.11. The summed E-state index contributed by atoms with van der Waals surface area (Å²) in [5, 5.41) is 9.38. The van der Waals surface area contributed by atoms with Gasteiger partial charge in [0.05, 0.1) is 23.0 Å². The summed E-state index contributed by atoms with van der Waals surface area (Å²) in [6.45, 7) is 0. The molecule has 0 bridgehead atoms. The van der Waals surface area contributed by atoms with Gasteiger partial charge in [0.2, 0.25) is 0 Å². The van der Waals surface area contributed by atoms with Crippen LogP contribution in [0.4, 0.5) is 4.39 Å². The predicted molar refractivity (Wildman–Crippen MR) is 144 cm³/mol. The Morgan fingerprint density at radius 1 is 0.750 bits per heavy atom. The van der Waals surface area contributed by atoms with Crippen LogP contribution in [0.1, 0.15) is 15.9 Å². The van der Waals surface area contributed by atoms with Gasteiger partial charge in [-0.3, -0.25) is 4.79 Å². The molecule has 0 aliphatic carbocycles. The largest absolute Gasteiger partial charge is 0.272 e. The van der Waals surface area contributed by atoms with Crippen molar-refractivity contribution in [3.8, 4) is 11.3 Å². The second-order valence-corrected chi connectivity index (χ2v) is 8.51. The molecule has 172 valence electrons. The van der Waals surface area contributed by atoms with Gasteiger partial charge in [-0.25, -0.2) is 14.8 Å². The number of aromatic nitrogens is 1. The van der Waals surface area contributed by atoms with Gasteiger partial charge in [0, 0.05) is 16.5 Å². The van der Waals surface area contributed by atoms with E-state index in [4.69, 9.17) is 0 Å². The van der Waals surface area contributed by atoms with Crippen LogP contribution in [-0.4, -0.2) is 17.1 Å². The number of hydrogen-bond acceptors (Lipinski definition) is 3. The standard InChI is InChI=1S/C31H20FN3O/c32-23-15-13-20(14-16-23)30-18-27(26-11-5-6-12-29(26)34-30)31(36)35-33-19-28-24-9-3-1-7-21(24)17-22-8-2-4-10-25(22)28/h1-19H,(H,35,36). The van der Waals surface area contributed by atoms with Crippen molar-refractivity contribution in [2.75, 3.05) is 0 Å². The zero-order chi connectivity index (χ0) is 24.5. The monoisotopic (exact) mass is 469 g/mol. The second kappa shape index (κ2) is 9.04. The summed E-state index contributed by atoms with van der Waals surface area (Å²) in [5.74, 6) is -0.675. The molecule has 0 atom stereocenters. The number of hydrogen-bond donors (Lipinski definition) is 1. The Morgan fingerprint density at radius 2 is 1.36 bits per heavy atom. The third-order valence-electron chi connectivity index (χ3n) is 6.27. The van der Waals surface area contributed by atoms with E-state index in [0.29, 0.717) is 22.2 Å². The smallest absolute Gasteiger partial charge is 0.267 e. The molecule has 1 aromatic heterocycles. The third-order valence-corrected chi connectivity index (χ3v) is 6.27. The van der Waals surface area contributed by atoms with Crippen LogP contribution >= 0.6 is 0 Å². The number of benzene rings is 5. The molecule has 0 aliphatic rings. The van der Waals surface area contributed by atoms with Gasteiger partial charge < -0.3 is 0 Å². The summed E-state index contributed by atoms with van der Waals surface area (Å²) in [6, 6.07) is 33.6. The van der Waals surface area contributed by atoms with Crippen molar-refractivity contribution >= 4 is 44.6 Å². The first kappa shape index (κ1) is 21.6. The van der Waals surface area contributed by atoms with Gasteiger partial charge in [0.1, 0.15) is 5.82 Å². The number of fused-ring (bicyclic) bond motifs is 3. The number of amides is 1. The molecule has 0 saturated heterocycles. The molecule has 0 fully saturated rings. The minimum Gasteiger partial charge on any atom is -0.267 e. The van der Waals surface area contributed by atoms with Crippen LogP contribution < -0.4 is 5.43 Å². The Kier molecular flexibility index (Phi) is 5.43. The van der Waals surface area contributed by atoms with Gasteiger partial charge in [0.25, 0.3) is 5.91 Å². The number of carbonyl (C=O) groups is 1. The lowest BCUT2D eigenvalue weighted by Crippen LogP contribution is -2.18. The van der Waals surface area contributed by atoms with E-state index < -0.39 is 0 Å². The molecule has 6 aromatic rings. The Hall–Kier alpha value is -4.90. The van der Waals surface area contributed by atoms with Crippen molar-refractivity contribution in [3.05, 3.63) is 126 Å². The summed E-state index contributed by atoms with van der Waals surface area (Å²) < 4.78 is 13.4. The molecular weight excluding hydrogens is 449 g/mol. The summed E-state index contributed by atoms with van der Waals surface area (Å²) in [4.78, 5) is 18.0. The van der Waals surface area contributed by atoms with Crippen LogP contribution in [0.2, 0.25) is 0 Å². The van der Waals surface area contributed by atoms with E-state index in [1.807, 2.05) is 48.5 Å². The SMILES string of the molecule is O=C(NN=Cc1c2ccccc2cc2ccccc12)c1cc(-c2ccc(F)cc2)nc2ccccc12. The fourth-order valence-electron chi connectivity index (χ4n) is 4.54. The number of para-hydroxylation sites is 1. The molecule has 0 spiro atoms. The number of hydrazone groups is 1. The maximum absolute atomic E-state index is 13.4. The summed E-state index contributed by atoms with van der Waals surface area (Å²) in [5.41, 5.74) is 6.07. The highest BCUT2D eigenvalue weighted by molar-refractivity contribution is 6.14. The first-order chi connectivity index (χ1) is 17.7. The molecule has 1 heterocycles. The number of nitrogens with zero attached hydrogens (tertiary/aromatic N) is 2. The Morgan fingerprint density at radius 3 is 2.06 bits per heavy atom. The Balaban J connectivity index is 1.39. The molecule has 0 saturated carbocycles. The number of nitrogens with one attached hydrogen (secondary N) is 1. The van der Waals surface area contributed by atoms with Crippen LogP contribution in [0.5, 0.6) is 0 Å². The minimum absolute atomic E-state index is 0.326. The average Bonchev–Trinajstić information content (AvgIpc) is 2.92. The molecule has 36 heavy (non-hydrogen) atoms. The number of carbonyl (C=O) groups excluding carboxylic acids is 1. The van der Waals surface area contributed by atoms with E-state index >= 15 is 0 Å². The first-order valence-corrected chi connectivity index (χ1v) is 11.6. The van der Waals surface area contributed by atoms with Crippen molar-refractivity contribution in [2.24, 2.45) is 5.10 Å². The van der Waals surface area contributed by atoms with Gasteiger partial charge in [-0.1, -0.05) is 66.7 Å². The molecular formula is C31H20FN3O. The van der Waals surface area contributed by atoms with Crippen molar-refractivity contribution in [2.45, 2.75) is 0 Å². The average molecular weight is 470 g/mol. The minimum atomic E-state index is -0.349. The van der Waals surface area contributed by atoms with E-state index in [1.54, 1.807) is 24.4 Å².